The van der Waals surface area contributed by atoms with Gasteiger partial charge >= 0.3 is 0 Å². The molecule has 1 aromatic heterocycles. The molecule has 5 rings (SSSR count). The highest BCUT2D eigenvalue weighted by atomic mass is 32.2. The van der Waals surface area contributed by atoms with Crippen molar-refractivity contribution >= 4 is 15.7 Å². The second kappa shape index (κ2) is 9.03. The van der Waals surface area contributed by atoms with Crippen LogP contribution >= 0.6 is 0 Å². The van der Waals surface area contributed by atoms with Crippen LogP contribution in [-0.2, 0) is 10.0 Å². The lowest BCUT2D eigenvalue weighted by molar-refractivity contribution is 0.375. The number of ether oxygens (including phenoxy) is 1. The fourth-order valence-corrected chi connectivity index (χ4v) is 5.18. The number of para-hydroxylation sites is 1. The van der Waals surface area contributed by atoms with Gasteiger partial charge in [0.2, 0.25) is 10.0 Å². The lowest BCUT2D eigenvalue weighted by Crippen LogP contribution is -2.26. The monoisotopic (exact) mass is 486 g/mol. The third-order valence-electron chi connectivity index (χ3n) is 6.06. The Hall–Kier alpha value is -3.91. The van der Waals surface area contributed by atoms with Gasteiger partial charge < -0.3 is 4.74 Å². The summed E-state index contributed by atoms with van der Waals surface area (Å²) in [4.78, 5) is 0. The van der Waals surface area contributed by atoms with E-state index in [1.807, 2.05) is 92.0 Å². The minimum atomic E-state index is -3.63. The van der Waals surface area contributed by atoms with E-state index in [9.17, 15) is 8.42 Å². The van der Waals surface area contributed by atoms with Crippen LogP contribution in [0.25, 0.3) is 16.9 Å². The number of sulfonamides is 1. The van der Waals surface area contributed by atoms with E-state index in [0.29, 0.717) is 17.9 Å². The van der Waals surface area contributed by atoms with E-state index >= 15 is 0 Å². The van der Waals surface area contributed by atoms with Gasteiger partial charge in [0.1, 0.15) is 5.75 Å². The van der Waals surface area contributed by atoms with Crippen molar-refractivity contribution in [2.75, 3.05) is 13.4 Å². The summed E-state index contributed by atoms with van der Waals surface area (Å²) in [6, 6.07) is 24.8. The zero-order valence-electron chi connectivity index (χ0n) is 19.8. The normalized spacial score (nSPS) is 15.8. The minimum Gasteiger partial charge on any atom is -0.497 e. The van der Waals surface area contributed by atoms with Gasteiger partial charge in [-0.15, -0.1) is 0 Å². The average molecular weight is 487 g/mol. The lowest BCUT2D eigenvalue weighted by Gasteiger charge is -2.21. The maximum atomic E-state index is 12.8. The summed E-state index contributed by atoms with van der Waals surface area (Å²) in [5, 5.41) is 9.45. The molecule has 0 fully saturated rings. The van der Waals surface area contributed by atoms with E-state index < -0.39 is 16.1 Å². The molecule has 0 aliphatic carbocycles. The Morgan fingerprint density at radius 2 is 1.69 bits per heavy atom. The van der Waals surface area contributed by atoms with Crippen LogP contribution < -0.4 is 4.74 Å². The van der Waals surface area contributed by atoms with Crippen LogP contribution in [0.4, 0.5) is 0 Å². The van der Waals surface area contributed by atoms with E-state index in [0.717, 1.165) is 33.7 Å². The predicted molar refractivity (Wildman–Crippen MR) is 137 cm³/mol. The maximum absolute atomic E-state index is 12.8. The van der Waals surface area contributed by atoms with Gasteiger partial charge in [-0.1, -0.05) is 60.2 Å². The highest BCUT2D eigenvalue weighted by molar-refractivity contribution is 7.88. The summed E-state index contributed by atoms with van der Waals surface area (Å²) < 4.78 is 34.1. The fourth-order valence-electron chi connectivity index (χ4n) is 4.29. The molecular formula is C27H26N4O3S. The molecule has 0 N–H and O–H groups in total. The lowest BCUT2D eigenvalue weighted by atomic mass is 9.97. The molecule has 3 aromatic carbocycles. The van der Waals surface area contributed by atoms with Crippen molar-refractivity contribution in [2.24, 2.45) is 5.10 Å². The van der Waals surface area contributed by atoms with E-state index in [2.05, 4.69) is 5.10 Å². The van der Waals surface area contributed by atoms with Crippen LogP contribution in [-0.4, -0.2) is 41.7 Å². The Kier molecular flexibility index (Phi) is 5.90. The summed E-state index contributed by atoms with van der Waals surface area (Å²) in [6.07, 6.45) is 3.53. The maximum Gasteiger partial charge on any atom is 0.247 e. The van der Waals surface area contributed by atoms with Gasteiger partial charge in [0.25, 0.3) is 0 Å². The summed E-state index contributed by atoms with van der Waals surface area (Å²) in [5.41, 5.74) is 5.95. The van der Waals surface area contributed by atoms with Crippen molar-refractivity contribution in [1.29, 1.82) is 0 Å². The smallest absolute Gasteiger partial charge is 0.247 e. The molecule has 7 nitrogen and oxygen atoms in total. The second-order valence-electron chi connectivity index (χ2n) is 8.61. The first-order valence-electron chi connectivity index (χ1n) is 11.3. The molecular weight excluding hydrogens is 460 g/mol. The van der Waals surface area contributed by atoms with Crippen LogP contribution in [0.15, 0.2) is 90.2 Å². The van der Waals surface area contributed by atoms with Gasteiger partial charge in [-0.2, -0.15) is 14.6 Å². The van der Waals surface area contributed by atoms with E-state index in [1.165, 1.54) is 10.7 Å². The van der Waals surface area contributed by atoms with Crippen molar-refractivity contribution < 1.29 is 13.2 Å². The largest absolute Gasteiger partial charge is 0.497 e. The number of aryl methyl sites for hydroxylation is 1. The molecule has 1 aliphatic rings. The van der Waals surface area contributed by atoms with Gasteiger partial charge in [-0.05, 0) is 36.8 Å². The Labute approximate surface area is 205 Å². The van der Waals surface area contributed by atoms with Crippen LogP contribution in [0.5, 0.6) is 5.75 Å². The number of aromatic nitrogens is 2. The highest BCUT2D eigenvalue weighted by Gasteiger charge is 2.37. The van der Waals surface area contributed by atoms with Crippen molar-refractivity contribution in [3.8, 4) is 22.7 Å². The number of hydrogen-bond acceptors (Lipinski definition) is 5. The SMILES string of the molecule is COc1cccc(-c2nn(-c3ccccc3)cc2C2CC(c3ccc(C)cc3)=NN2S(C)(=O)=O)c1. The van der Waals surface area contributed by atoms with Crippen LogP contribution in [0.3, 0.4) is 0 Å². The Balaban J connectivity index is 1.65. The Morgan fingerprint density at radius 1 is 0.943 bits per heavy atom. The Morgan fingerprint density at radius 3 is 2.37 bits per heavy atom. The minimum absolute atomic E-state index is 0.438. The van der Waals surface area contributed by atoms with E-state index in [-0.39, 0.29) is 0 Å². The topological polar surface area (TPSA) is 76.8 Å². The third kappa shape index (κ3) is 4.57. The van der Waals surface area contributed by atoms with Crippen LogP contribution in [0.2, 0.25) is 0 Å². The molecule has 0 bridgehead atoms. The summed E-state index contributed by atoms with van der Waals surface area (Å²) in [6.45, 7) is 2.02. The van der Waals surface area contributed by atoms with Crippen molar-refractivity contribution in [1.82, 2.24) is 14.2 Å². The first-order chi connectivity index (χ1) is 16.8. The van der Waals surface area contributed by atoms with Gasteiger partial charge in [-0.25, -0.2) is 13.1 Å². The molecule has 0 saturated heterocycles. The van der Waals surface area contributed by atoms with Gasteiger partial charge in [0, 0.05) is 23.7 Å². The van der Waals surface area contributed by atoms with Gasteiger partial charge in [0.05, 0.1) is 36.5 Å². The quantitative estimate of drug-likeness (QED) is 0.386. The number of nitrogens with zero attached hydrogens (tertiary/aromatic N) is 4. The van der Waals surface area contributed by atoms with Crippen LogP contribution in [0, 0.1) is 6.92 Å². The van der Waals surface area contributed by atoms with Crippen molar-refractivity contribution in [3.05, 3.63) is 102 Å². The molecule has 178 valence electrons. The molecule has 0 radical (unpaired) electrons. The Bertz CT molecular complexity index is 1490. The fraction of sp³-hybridized carbons (Fsp3) is 0.185. The van der Waals surface area contributed by atoms with Crippen molar-refractivity contribution in [3.63, 3.8) is 0 Å². The standard InChI is InChI=1S/C27H26N4O3S/c1-19-12-14-20(15-13-19)25-17-26(31(28-25)35(3,32)33)24-18-30(22-9-5-4-6-10-22)29-27(24)21-8-7-11-23(16-21)34-2/h4-16,18,26H,17H2,1-3H3. The van der Waals surface area contributed by atoms with Crippen molar-refractivity contribution in [2.45, 2.75) is 19.4 Å². The highest BCUT2D eigenvalue weighted by Crippen LogP contribution is 2.40. The van der Waals surface area contributed by atoms with Gasteiger partial charge in [0.15, 0.2) is 0 Å². The first-order valence-corrected chi connectivity index (χ1v) is 13.1. The molecule has 0 saturated carbocycles. The molecule has 0 spiro atoms. The third-order valence-corrected chi connectivity index (χ3v) is 7.08. The molecule has 0 amide bonds. The molecule has 35 heavy (non-hydrogen) atoms. The van der Waals surface area contributed by atoms with E-state index in [4.69, 9.17) is 9.84 Å². The average Bonchev–Trinajstić information content (AvgIpc) is 3.50. The van der Waals surface area contributed by atoms with Gasteiger partial charge in [-0.3, -0.25) is 0 Å². The number of hydrogen-bond donors (Lipinski definition) is 0. The number of hydrazone groups is 1. The molecule has 1 atom stereocenters. The first kappa shape index (κ1) is 22.9. The molecule has 1 aliphatic heterocycles. The summed E-state index contributed by atoms with van der Waals surface area (Å²) in [7, 11) is -2.01. The van der Waals surface area contributed by atoms with E-state index in [1.54, 1.807) is 11.8 Å². The summed E-state index contributed by atoms with van der Waals surface area (Å²) in [5.74, 6) is 0.700. The zero-order valence-corrected chi connectivity index (χ0v) is 20.6. The second-order valence-corrected chi connectivity index (χ2v) is 10.5. The number of rotatable bonds is 6. The molecule has 2 heterocycles. The van der Waals surface area contributed by atoms with Crippen LogP contribution in [0.1, 0.15) is 29.2 Å². The zero-order chi connectivity index (χ0) is 24.6. The molecule has 4 aromatic rings. The number of methoxy groups -OCH3 is 1. The summed E-state index contributed by atoms with van der Waals surface area (Å²) >= 11 is 0. The molecule has 8 heteroatoms. The molecule has 1 unspecified atom stereocenters. The number of benzene rings is 3. The predicted octanol–water partition coefficient (Wildman–Crippen LogP) is 4.97.